The smallest absolute Gasteiger partial charge is 0.257 e. The van der Waals surface area contributed by atoms with Crippen LogP contribution in [0.2, 0.25) is 0 Å². The van der Waals surface area contributed by atoms with Crippen molar-refractivity contribution in [3.8, 4) is 11.5 Å². The normalized spacial score (nSPS) is 11.9. The zero-order valence-electron chi connectivity index (χ0n) is 16.5. The fourth-order valence-electron chi connectivity index (χ4n) is 3.14. The Balaban J connectivity index is 1.92. The minimum Gasteiger partial charge on any atom is -0.497 e. The van der Waals surface area contributed by atoms with E-state index in [4.69, 9.17) is 9.47 Å². The number of nitrogens with one attached hydrogen (secondary N) is 1. The lowest BCUT2D eigenvalue weighted by molar-refractivity contribution is 0.0938. The molecule has 0 radical (unpaired) electrons. The van der Waals surface area contributed by atoms with Crippen LogP contribution in [0.3, 0.4) is 0 Å². The van der Waals surface area contributed by atoms with Gasteiger partial charge in [0.05, 0.1) is 30.7 Å². The lowest BCUT2D eigenvalue weighted by Crippen LogP contribution is -2.31. The van der Waals surface area contributed by atoms with Gasteiger partial charge in [-0.15, -0.1) is 0 Å². The molecule has 0 spiro atoms. The summed E-state index contributed by atoms with van der Waals surface area (Å²) in [7, 11) is 3.42. The highest BCUT2D eigenvalue weighted by Crippen LogP contribution is 2.20. The first-order valence-electron chi connectivity index (χ1n) is 9.15. The number of fused-ring (bicyclic) bond motifs is 1. The molecule has 6 nitrogen and oxygen atoms in total. The Hall–Kier alpha value is -3.28. The van der Waals surface area contributed by atoms with E-state index < -0.39 is 5.91 Å². The summed E-state index contributed by atoms with van der Waals surface area (Å²) >= 11 is 0. The van der Waals surface area contributed by atoms with Gasteiger partial charge in [-0.25, -0.2) is 0 Å². The monoisotopic (exact) mass is 380 g/mol. The Labute approximate surface area is 163 Å². The summed E-state index contributed by atoms with van der Waals surface area (Å²) in [4.78, 5) is 25.7. The number of amides is 1. The molecule has 0 aliphatic rings. The Morgan fingerprint density at radius 1 is 1.14 bits per heavy atom. The second kappa shape index (κ2) is 8.17. The van der Waals surface area contributed by atoms with Crippen LogP contribution in [-0.4, -0.2) is 24.2 Å². The topological polar surface area (TPSA) is 69.6 Å². The van der Waals surface area contributed by atoms with Crippen LogP contribution in [0.25, 0.3) is 10.9 Å². The number of carbonyl (C=O) groups is 1. The summed E-state index contributed by atoms with van der Waals surface area (Å²) in [5.41, 5.74) is 1.46. The van der Waals surface area contributed by atoms with Crippen LogP contribution in [0.4, 0.5) is 0 Å². The van der Waals surface area contributed by atoms with E-state index in [2.05, 4.69) is 5.32 Å². The summed E-state index contributed by atoms with van der Waals surface area (Å²) in [6.07, 6.45) is 1.57. The zero-order valence-corrected chi connectivity index (χ0v) is 16.5. The molecule has 0 saturated carbocycles. The molecule has 28 heavy (non-hydrogen) atoms. The van der Waals surface area contributed by atoms with Crippen molar-refractivity contribution in [2.75, 3.05) is 13.7 Å². The predicted molar refractivity (Wildman–Crippen MR) is 109 cm³/mol. The molecule has 0 saturated heterocycles. The number of methoxy groups -OCH3 is 1. The van der Waals surface area contributed by atoms with E-state index in [1.165, 1.54) is 0 Å². The molecule has 1 amide bonds. The molecule has 3 rings (SSSR count). The Morgan fingerprint density at radius 3 is 2.46 bits per heavy atom. The van der Waals surface area contributed by atoms with E-state index >= 15 is 0 Å². The Bertz CT molecular complexity index is 1050. The molecule has 0 aliphatic heterocycles. The van der Waals surface area contributed by atoms with Crippen molar-refractivity contribution < 1.29 is 14.3 Å². The average Bonchev–Trinajstić information content (AvgIpc) is 2.70. The largest absolute Gasteiger partial charge is 0.497 e. The highest BCUT2D eigenvalue weighted by atomic mass is 16.5. The first kappa shape index (κ1) is 19.5. The molecule has 3 aromatic rings. The first-order chi connectivity index (χ1) is 13.4. The summed E-state index contributed by atoms with van der Waals surface area (Å²) in [6, 6.07) is 12.5. The fourth-order valence-corrected chi connectivity index (χ4v) is 3.14. The van der Waals surface area contributed by atoms with Crippen LogP contribution in [0.15, 0.2) is 53.5 Å². The molecule has 1 heterocycles. The molecule has 1 atom stereocenters. The number of hydrogen-bond donors (Lipinski definition) is 1. The van der Waals surface area contributed by atoms with E-state index in [0.717, 1.165) is 16.8 Å². The van der Waals surface area contributed by atoms with Crippen LogP contribution < -0.4 is 20.2 Å². The minimum absolute atomic E-state index is 0.101. The second-order valence-corrected chi connectivity index (χ2v) is 6.56. The van der Waals surface area contributed by atoms with Gasteiger partial charge in [0, 0.05) is 13.2 Å². The van der Waals surface area contributed by atoms with Crippen LogP contribution in [0.1, 0.15) is 35.8 Å². The maximum absolute atomic E-state index is 12.9. The molecule has 2 aromatic carbocycles. The van der Waals surface area contributed by atoms with Crippen LogP contribution in [-0.2, 0) is 7.05 Å². The van der Waals surface area contributed by atoms with Gasteiger partial charge < -0.3 is 19.4 Å². The maximum atomic E-state index is 12.9. The van der Waals surface area contributed by atoms with Gasteiger partial charge in [0.15, 0.2) is 0 Å². The lowest BCUT2D eigenvalue weighted by Gasteiger charge is -2.16. The molecule has 1 N–H and O–H groups in total. The van der Waals surface area contributed by atoms with Crippen molar-refractivity contribution >= 4 is 16.8 Å². The van der Waals surface area contributed by atoms with Gasteiger partial charge in [-0.05, 0) is 49.7 Å². The Kier molecular flexibility index (Phi) is 5.68. The van der Waals surface area contributed by atoms with Crippen molar-refractivity contribution in [3.63, 3.8) is 0 Å². The summed E-state index contributed by atoms with van der Waals surface area (Å²) in [5.74, 6) is 0.944. The van der Waals surface area contributed by atoms with Gasteiger partial charge >= 0.3 is 0 Å². The Morgan fingerprint density at radius 2 is 1.82 bits per heavy atom. The van der Waals surface area contributed by atoms with E-state index in [0.29, 0.717) is 17.7 Å². The predicted octanol–water partition coefficient (Wildman–Crippen LogP) is 3.44. The SMILES string of the molecule is CCOc1ccc2c(c1)c(=O)c(C(=O)NC(C)c1ccc(OC)cc1)cn2C. The molecule has 1 aromatic heterocycles. The number of aryl methyl sites for hydroxylation is 1. The number of nitrogens with zero attached hydrogens (tertiary/aromatic N) is 1. The molecule has 146 valence electrons. The van der Waals surface area contributed by atoms with E-state index in [1.807, 2.05) is 57.3 Å². The number of benzene rings is 2. The average molecular weight is 380 g/mol. The van der Waals surface area contributed by atoms with Gasteiger partial charge in [0.25, 0.3) is 5.91 Å². The maximum Gasteiger partial charge on any atom is 0.257 e. The molecule has 0 aliphatic carbocycles. The van der Waals surface area contributed by atoms with Crippen molar-refractivity contribution in [1.82, 2.24) is 9.88 Å². The molecule has 0 bridgehead atoms. The number of aromatic nitrogens is 1. The molecule has 0 fully saturated rings. The highest BCUT2D eigenvalue weighted by molar-refractivity contribution is 5.97. The summed E-state index contributed by atoms with van der Waals surface area (Å²) in [5, 5.41) is 3.35. The molecular weight excluding hydrogens is 356 g/mol. The molecule has 6 heteroatoms. The van der Waals surface area contributed by atoms with Crippen LogP contribution >= 0.6 is 0 Å². The fraction of sp³-hybridized carbons (Fsp3) is 0.273. The van der Waals surface area contributed by atoms with Gasteiger partial charge in [0.1, 0.15) is 17.1 Å². The van der Waals surface area contributed by atoms with Crippen molar-refractivity contribution in [2.24, 2.45) is 7.05 Å². The van der Waals surface area contributed by atoms with E-state index in [9.17, 15) is 9.59 Å². The number of carbonyl (C=O) groups excluding carboxylic acids is 1. The second-order valence-electron chi connectivity index (χ2n) is 6.56. The van der Waals surface area contributed by atoms with Gasteiger partial charge in [-0.3, -0.25) is 9.59 Å². The van der Waals surface area contributed by atoms with Crippen LogP contribution in [0, 0.1) is 0 Å². The first-order valence-corrected chi connectivity index (χ1v) is 9.15. The van der Waals surface area contributed by atoms with Crippen LogP contribution in [0.5, 0.6) is 11.5 Å². The third-order valence-corrected chi connectivity index (χ3v) is 4.68. The molecule has 1 unspecified atom stereocenters. The lowest BCUT2D eigenvalue weighted by atomic mass is 10.1. The third kappa shape index (κ3) is 3.86. The minimum atomic E-state index is -0.410. The summed E-state index contributed by atoms with van der Waals surface area (Å²) < 4.78 is 12.4. The zero-order chi connectivity index (χ0) is 20.3. The number of pyridine rings is 1. The van der Waals surface area contributed by atoms with Crippen molar-refractivity contribution in [2.45, 2.75) is 19.9 Å². The molecular formula is C22H24N2O4. The number of ether oxygens (including phenoxy) is 2. The van der Waals surface area contributed by atoms with Crippen molar-refractivity contribution in [1.29, 1.82) is 0 Å². The number of hydrogen-bond acceptors (Lipinski definition) is 4. The van der Waals surface area contributed by atoms with E-state index in [-0.39, 0.29) is 17.0 Å². The standard InChI is InChI=1S/C22H24N2O4/c1-5-28-17-10-11-20-18(12-17)21(25)19(13-24(20)3)22(26)23-14(2)15-6-8-16(27-4)9-7-15/h6-14H,5H2,1-4H3,(H,23,26). The number of rotatable bonds is 6. The summed E-state index contributed by atoms with van der Waals surface area (Å²) in [6.45, 7) is 4.26. The quantitative estimate of drug-likeness (QED) is 0.711. The van der Waals surface area contributed by atoms with Gasteiger partial charge in [-0.2, -0.15) is 0 Å². The van der Waals surface area contributed by atoms with Gasteiger partial charge in [-0.1, -0.05) is 12.1 Å². The highest BCUT2D eigenvalue weighted by Gasteiger charge is 2.17. The van der Waals surface area contributed by atoms with Gasteiger partial charge in [0.2, 0.25) is 5.43 Å². The third-order valence-electron chi connectivity index (χ3n) is 4.68. The van der Waals surface area contributed by atoms with Crippen molar-refractivity contribution in [3.05, 3.63) is 70.0 Å². The van der Waals surface area contributed by atoms with E-state index in [1.54, 1.807) is 23.9 Å².